The Morgan fingerprint density at radius 1 is 0.972 bits per heavy atom. The summed E-state index contributed by atoms with van der Waals surface area (Å²) in [7, 11) is 0. The van der Waals surface area contributed by atoms with Gasteiger partial charge in [-0.15, -0.1) is 0 Å². The molecule has 0 saturated carbocycles. The Balaban J connectivity index is 1.53. The molecular weight excluding hydrogens is 448 g/mol. The third kappa shape index (κ3) is 5.72. The van der Waals surface area contributed by atoms with Crippen molar-refractivity contribution < 1.29 is 18.9 Å². The Kier molecular flexibility index (Phi) is 7.99. The molecule has 2 fully saturated rings. The van der Waals surface area contributed by atoms with Gasteiger partial charge in [0.05, 0.1) is 19.3 Å². The first-order valence-electron chi connectivity index (χ1n) is 13.7. The zero-order valence-electron chi connectivity index (χ0n) is 23.3. The van der Waals surface area contributed by atoms with Crippen LogP contribution in [-0.2, 0) is 19.6 Å². The lowest BCUT2D eigenvalue weighted by Gasteiger charge is -2.36. The van der Waals surface area contributed by atoms with Crippen LogP contribution in [0.4, 0.5) is 0 Å². The molecule has 0 bridgehead atoms. The van der Waals surface area contributed by atoms with Crippen molar-refractivity contribution in [1.82, 2.24) is 0 Å². The van der Waals surface area contributed by atoms with Crippen LogP contribution in [0.2, 0.25) is 0 Å². The van der Waals surface area contributed by atoms with Crippen LogP contribution in [0.1, 0.15) is 88.1 Å². The van der Waals surface area contributed by atoms with Gasteiger partial charge < -0.3 is 18.9 Å². The molecule has 0 amide bonds. The maximum atomic E-state index is 6.22. The molecule has 0 spiro atoms. The van der Waals surface area contributed by atoms with Gasteiger partial charge in [-0.2, -0.15) is 0 Å². The van der Waals surface area contributed by atoms with E-state index >= 15 is 0 Å². The molecule has 2 aliphatic rings. The quantitative estimate of drug-likeness (QED) is 0.322. The van der Waals surface area contributed by atoms with Crippen molar-refractivity contribution in [1.29, 1.82) is 0 Å². The number of hydrogen-bond donors (Lipinski definition) is 0. The summed E-state index contributed by atoms with van der Waals surface area (Å²) in [6.45, 7) is 17.1. The first-order chi connectivity index (χ1) is 17.2. The zero-order chi connectivity index (χ0) is 26.0. The second kappa shape index (κ2) is 10.7. The van der Waals surface area contributed by atoms with E-state index in [1.807, 2.05) is 13.8 Å². The van der Waals surface area contributed by atoms with E-state index in [0.717, 1.165) is 43.6 Å². The highest BCUT2D eigenvalue weighted by Crippen LogP contribution is 2.41. The lowest BCUT2D eigenvalue weighted by molar-refractivity contribution is -0.276. The fraction of sp³-hybridized carbons (Fsp3) is 0.562. The molecule has 4 heteroatoms. The largest absolute Gasteiger partial charge is 0.491 e. The van der Waals surface area contributed by atoms with Crippen LogP contribution in [0.5, 0.6) is 5.75 Å². The lowest BCUT2D eigenvalue weighted by Crippen LogP contribution is -2.42. The van der Waals surface area contributed by atoms with E-state index in [1.54, 1.807) is 0 Å². The molecule has 2 saturated heterocycles. The van der Waals surface area contributed by atoms with Crippen molar-refractivity contribution in [2.45, 2.75) is 97.1 Å². The Morgan fingerprint density at radius 2 is 1.64 bits per heavy atom. The fourth-order valence-electron chi connectivity index (χ4n) is 5.49. The summed E-state index contributed by atoms with van der Waals surface area (Å²) >= 11 is 0. The number of rotatable bonds is 10. The number of ether oxygens (including phenoxy) is 4. The molecule has 36 heavy (non-hydrogen) atoms. The highest BCUT2D eigenvalue weighted by molar-refractivity contribution is 5.57. The molecule has 1 unspecified atom stereocenters. The van der Waals surface area contributed by atoms with Gasteiger partial charge in [-0.3, -0.25) is 0 Å². The SMILES string of the molecule is CCC1(/C=C/c2ccc(C(CC)(CC)c3ccc(OC[C@@H]4CCOC(C)(C)O4)c(C)c3)cc2C)CO1. The van der Waals surface area contributed by atoms with Crippen LogP contribution in [0.3, 0.4) is 0 Å². The molecule has 2 atom stereocenters. The van der Waals surface area contributed by atoms with Crippen LogP contribution in [0.15, 0.2) is 42.5 Å². The summed E-state index contributed by atoms with van der Waals surface area (Å²) in [4.78, 5) is 0. The normalized spacial score (nSPS) is 23.7. The van der Waals surface area contributed by atoms with Crippen LogP contribution in [0.25, 0.3) is 6.08 Å². The number of aryl methyl sites for hydroxylation is 2. The van der Waals surface area contributed by atoms with E-state index in [-0.39, 0.29) is 17.1 Å². The van der Waals surface area contributed by atoms with Crippen molar-refractivity contribution in [2.24, 2.45) is 0 Å². The average molecular weight is 493 g/mol. The van der Waals surface area contributed by atoms with E-state index in [9.17, 15) is 0 Å². The smallest absolute Gasteiger partial charge is 0.163 e. The second-order valence-electron chi connectivity index (χ2n) is 11.0. The van der Waals surface area contributed by atoms with Gasteiger partial charge in [-0.1, -0.05) is 57.2 Å². The van der Waals surface area contributed by atoms with Crippen molar-refractivity contribution in [3.05, 3.63) is 70.3 Å². The van der Waals surface area contributed by atoms with E-state index in [4.69, 9.17) is 18.9 Å². The second-order valence-corrected chi connectivity index (χ2v) is 11.0. The minimum atomic E-state index is -0.542. The van der Waals surface area contributed by atoms with E-state index in [2.05, 4.69) is 83.2 Å². The molecular formula is C32H44O4. The topological polar surface area (TPSA) is 40.2 Å². The molecule has 0 radical (unpaired) electrons. The van der Waals surface area contributed by atoms with Crippen molar-refractivity contribution in [2.75, 3.05) is 19.8 Å². The van der Waals surface area contributed by atoms with Gasteiger partial charge in [-0.05, 0) is 86.9 Å². The third-order valence-electron chi connectivity index (χ3n) is 8.20. The Bertz CT molecular complexity index is 1080. The minimum Gasteiger partial charge on any atom is -0.491 e. The molecule has 0 aliphatic carbocycles. The van der Waals surface area contributed by atoms with Gasteiger partial charge in [0.25, 0.3) is 0 Å². The van der Waals surface area contributed by atoms with Gasteiger partial charge in [0.2, 0.25) is 0 Å². The summed E-state index contributed by atoms with van der Waals surface area (Å²) in [5, 5.41) is 0. The Morgan fingerprint density at radius 3 is 2.19 bits per heavy atom. The van der Waals surface area contributed by atoms with Crippen LogP contribution in [0, 0.1) is 13.8 Å². The summed E-state index contributed by atoms with van der Waals surface area (Å²) in [5.74, 6) is 0.385. The Labute approximate surface area is 218 Å². The molecule has 0 N–H and O–H groups in total. The number of epoxide rings is 1. The maximum absolute atomic E-state index is 6.22. The Hall–Kier alpha value is -2.14. The van der Waals surface area contributed by atoms with Gasteiger partial charge in [0.15, 0.2) is 5.79 Å². The molecule has 4 nitrogen and oxygen atoms in total. The maximum Gasteiger partial charge on any atom is 0.163 e. The highest BCUT2D eigenvalue weighted by atomic mass is 16.7. The molecule has 2 aromatic carbocycles. The summed E-state index contributed by atoms with van der Waals surface area (Å²) < 4.78 is 23.5. The van der Waals surface area contributed by atoms with Gasteiger partial charge in [0.1, 0.15) is 18.0 Å². The molecule has 2 heterocycles. The average Bonchev–Trinajstić information content (AvgIpc) is 3.64. The van der Waals surface area contributed by atoms with Crippen molar-refractivity contribution >= 4 is 6.08 Å². The zero-order valence-corrected chi connectivity index (χ0v) is 23.3. The monoisotopic (exact) mass is 492 g/mol. The van der Waals surface area contributed by atoms with Crippen molar-refractivity contribution in [3.63, 3.8) is 0 Å². The van der Waals surface area contributed by atoms with E-state index in [0.29, 0.717) is 13.2 Å². The van der Waals surface area contributed by atoms with Crippen molar-refractivity contribution in [3.8, 4) is 5.75 Å². The first-order valence-corrected chi connectivity index (χ1v) is 13.7. The summed E-state index contributed by atoms with van der Waals surface area (Å²) in [5.41, 5.74) is 6.39. The van der Waals surface area contributed by atoms with Crippen LogP contribution < -0.4 is 4.74 Å². The highest BCUT2D eigenvalue weighted by Gasteiger charge is 2.40. The van der Waals surface area contributed by atoms with E-state index < -0.39 is 5.79 Å². The fourth-order valence-corrected chi connectivity index (χ4v) is 5.49. The lowest BCUT2D eigenvalue weighted by atomic mass is 9.70. The standard InChI is InChI=1S/C32H44O4/c1-8-31(22-35-31)17-15-25-11-12-26(19-23(25)4)32(9-2,10-3)27-13-14-29(24(5)20-27)33-21-28-16-18-34-30(6,7)36-28/h11-15,17,19-20,28H,8-10,16,18,21-22H2,1-7H3/b17-15+/t28-,31?/m0/s1. The molecule has 4 rings (SSSR count). The third-order valence-corrected chi connectivity index (χ3v) is 8.20. The molecule has 2 aromatic rings. The summed E-state index contributed by atoms with van der Waals surface area (Å²) in [6, 6.07) is 13.7. The molecule has 196 valence electrons. The number of hydrogen-bond acceptors (Lipinski definition) is 4. The van der Waals surface area contributed by atoms with Gasteiger partial charge >= 0.3 is 0 Å². The van der Waals surface area contributed by atoms with Crippen LogP contribution in [-0.4, -0.2) is 37.3 Å². The van der Waals surface area contributed by atoms with Gasteiger partial charge in [-0.25, -0.2) is 0 Å². The first kappa shape index (κ1) is 26.9. The predicted octanol–water partition coefficient (Wildman–Crippen LogP) is 7.52. The van der Waals surface area contributed by atoms with E-state index in [1.165, 1.54) is 22.3 Å². The minimum absolute atomic E-state index is 0.0316. The summed E-state index contributed by atoms with van der Waals surface area (Å²) in [6.07, 6.45) is 8.46. The van der Waals surface area contributed by atoms with Gasteiger partial charge in [0, 0.05) is 11.8 Å². The molecule has 0 aromatic heterocycles. The number of benzene rings is 2. The predicted molar refractivity (Wildman–Crippen MR) is 147 cm³/mol. The molecule has 2 aliphatic heterocycles. The van der Waals surface area contributed by atoms with Crippen LogP contribution >= 0.6 is 0 Å².